The molecule has 2 aromatic heterocycles. The van der Waals surface area contributed by atoms with E-state index in [4.69, 9.17) is 4.74 Å². The van der Waals surface area contributed by atoms with Crippen molar-refractivity contribution in [3.63, 3.8) is 0 Å². The van der Waals surface area contributed by atoms with Crippen LogP contribution in [0.3, 0.4) is 0 Å². The van der Waals surface area contributed by atoms with Gasteiger partial charge in [-0.05, 0) is 104 Å². The second-order valence-electron chi connectivity index (χ2n) is 13.2. The van der Waals surface area contributed by atoms with Gasteiger partial charge in [0, 0.05) is 36.8 Å². The zero-order valence-electron chi connectivity index (χ0n) is 30.1. The molecule has 0 bridgehead atoms. The lowest BCUT2D eigenvalue weighted by atomic mass is 9.90. The average molecular weight is 760 g/mol. The van der Waals surface area contributed by atoms with Crippen molar-refractivity contribution in [3.8, 4) is 16.9 Å². The molecule has 2 amide bonds. The number of rotatable bonds is 12. The Kier molecular flexibility index (Phi) is 14.9. The van der Waals surface area contributed by atoms with Crippen molar-refractivity contribution in [1.82, 2.24) is 25.4 Å². The van der Waals surface area contributed by atoms with Crippen LogP contribution in [0.1, 0.15) is 73.2 Å². The summed E-state index contributed by atoms with van der Waals surface area (Å²) >= 11 is 0. The summed E-state index contributed by atoms with van der Waals surface area (Å²) in [6.45, 7) is 12.2. The standard InChI is InChI=1S/C38H44F2N6O4.2ClH/c1-7-50-34(47)18-31(28-17-25(14-24(6)36(28)40)35-22(4)15-27(39)16-23(35)5)42-37(48)29(13-21(2)3)38(49)44-32-9-8-10-33(43-32)46-20-26-19-41-12-11-30(26)45-46;;/h8-10,14-17,20-21,29,31,41H,7,11-13,18-19H2,1-6H3,(H,42,48)(H,43,44,49);2*1H/t29-,31-;;/m0../s1. The second kappa shape index (κ2) is 18.4. The van der Waals surface area contributed by atoms with Crippen LogP contribution in [0.4, 0.5) is 14.6 Å². The number of carbonyl (C=O) groups is 3. The number of amides is 2. The molecule has 3 heterocycles. The molecule has 3 N–H and O–H groups in total. The molecule has 0 radical (unpaired) electrons. The third-order valence-corrected chi connectivity index (χ3v) is 8.73. The Morgan fingerprint density at radius 1 is 1.00 bits per heavy atom. The average Bonchev–Trinajstić information content (AvgIpc) is 3.49. The number of carbonyl (C=O) groups excluding carboxylic acids is 3. The van der Waals surface area contributed by atoms with Crippen molar-refractivity contribution >= 4 is 48.4 Å². The molecule has 0 saturated heterocycles. The van der Waals surface area contributed by atoms with Crippen molar-refractivity contribution in [2.75, 3.05) is 18.5 Å². The van der Waals surface area contributed by atoms with E-state index in [-0.39, 0.29) is 72.9 Å². The molecule has 4 aromatic rings. The molecule has 0 aliphatic carbocycles. The van der Waals surface area contributed by atoms with Crippen molar-refractivity contribution in [1.29, 1.82) is 0 Å². The fourth-order valence-corrected chi connectivity index (χ4v) is 6.45. The van der Waals surface area contributed by atoms with Crippen molar-refractivity contribution in [2.45, 2.75) is 73.4 Å². The Balaban J connectivity index is 0.00000364. The van der Waals surface area contributed by atoms with Crippen LogP contribution in [-0.4, -0.2) is 45.7 Å². The number of nitrogens with zero attached hydrogens (tertiary/aromatic N) is 3. The number of aryl methyl sites for hydroxylation is 3. The van der Waals surface area contributed by atoms with Crippen LogP contribution in [-0.2, 0) is 32.1 Å². The van der Waals surface area contributed by atoms with Crippen LogP contribution in [0.2, 0.25) is 0 Å². The van der Waals surface area contributed by atoms with Crippen molar-refractivity contribution in [2.24, 2.45) is 11.8 Å². The Labute approximate surface area is 315 Å². The van der Waals surface area contributed by atoms with Crippen LogP contribution in [0.15, 0.2) is 48.7 Å². The van der Waals surface area contributed by atoms with Gasteiger partial charge in [-0.3, -0.25) is 14.4 Å². The predicted molar refractivity (Wildman–Crippen MR) is 201 cm³/mol. The van der Waals surface area contributed by atoms with Gasteiger partial charge in [-0.2, -0.15) is 5.10 Å². The van der Waals surface area contributed by atoms with E-state index in [1.165, 1.54) is 12.1 Å². The van der Waals surface area contributed by atoms with Gasteiger partial charge < -0.3 is 20.7 Å². The first-order chi connectivity index (χ1) is 23.8. The Bertz CT molecular complexity index is 1870. The number of ether oxygens (including phenoxy) is 1. The van der Waals surface area contributed by atoms with E-state index in [1.807, 2.05) is 20.0 Å². The van der Waals surface area contributed by atoms with E-state index in [0.717, 1.165) is 29.8 Å². The number of fused-ring (bicyclic) bond motifs is 1. The maximum absolute atomic E-state index is 15.9. The van der Waals surface area contributed by atoms with E-state index in [1.54, 1.807) is 62.7 Å². The van der Waals surface area contributed by atoms with Gasteiger partial charge in [0.15, 0.2) is 5.82 Å². The molecule has 0 unspecified atom stereocenters. The molecule has 2 atom stereocenters. The van der Waals surface area contributed by atoms with Crippen molar-refractivity contribution < 1.29 is 27.9 Å². The lowest BCUT2D eigenvalue weighted by Gasteiger charge is -2.25. The SMILES string of the molecule is CCOC(=O)C[C@H](NC(=O)[C@H](CC(C)C)C(=O)Nc1cccc(-n2cc3c(n2)CCNC3)n1)c1cc(-c2c(C)cc(F)cc2C)cc(C)c1F.Cl.Cl. The third-order valence-electron chi connectivity index (χ3n) is 8.73. The van der Waals surface area contributed by atoms with E-state index in [9.17, 15) is 18.8 Å². The zero-order chi connectivity index (χ0) is 36.1. The topological polar surface area (TPSA) is 127 Å². The summed E-state index contributed by atoms with van der Waals surface area (Å²) in [6, 6.07) is 10.0. The number of nitrogens with one attached hydrogen (secondary N) is 3. The summed E-state index contributed by atoms with van der Waals surface area (Å²) < 4.78 is 36.9. The maximum Gasteiger partial charge on any atom is 0.308 e. The zero-order valence-corrected chi connectivity index (χ0v) is 31.8. The quantitative estimate of drug-likeness (QED) is 0.105. The molecule has 14 heteroatoms. The van der Waals surface area contributed by atoms with Crippen LogP contribution < -0.4 is 16.0 Å². The largest absolute Gasteiger partial charge is 0.466 e. The number of pyridine rings is 1. The summed E-state index contributed by atoms with van der Waals surface area (Å²) in [7, 11) is 0. The summed E-state index contributed by atoms with van der Waals surface area (Å²) in [6.07, 6.45) is 2.52. The monoisotopic (exact) mass is 758 g/mol. The second-order valence-corrected chi connectivity index (χ2v) is 13.2. The normalized spacial score (nSPS) is 13.2. The van der Waals surface area contributed by atoms with E-state index in [0.29, 0.717) is 29.1 Å². The minimum Gasteiger partial charge on any atom is -0.466 e. The Morgan fingerprint density at radius 2 is 1.71 bits per heavy atom. The summed E-state index contributed by atoms with van der Waals surface area (Å²) in [4.78, 5) is 45.1. The van der Waals surface area contributed by atoms with Gasteiger partial charge in [0.1, 0.15) is 23.4 Å². The van der Waals surface area contributed by atoms with Gasteiger partial charge in [-0.1, -0.05) is 19.9 Å². The van der Waals surface area contributed by atoms with Crippen LogP contribution >= 0.6 is 24.8 Å². The van der Waals surface area contributed by atoms with Gasteiger partial charge in [0.05, 0.1) is 24.8 Å². The highest BCUT2D eigenvalue weighted by molar-refractivity contribution is 6.06. The number of hydrogen-bond acceptors (Lipinski definition) is 7. The molecule has 5 rings (SSSR count). The molecule has 10 nitrogen and oxygen atoms in total. The predicted octanol–water partition coefficient (Wildman–Crippen LogP) is 7.04. The fraction of sp³-hybridized carbons (Fsp3) is 0.395. The van der Waals surface area contributed by atoms with E-state index >= 15 is 4.39 Å². The molecular weight excluding hydrogens is 713 g/mol. The summed E-state index contributed by atoms with van der Waals surface area (Å²) in [5, 5.41) is 13.5. The van der Waals surface area contributed by atoms with E-state index in [2.05, 4.69) is 26.0 Å². The Morgan fingerprint density at radius 3 is 2.37 bits per heavy atom. The molecule has 0 spiro atoms. The van der Waals surface area contributed by atoms with Crippen LogP contribution in [0.25, 0.3) is 16.9 Å². The van der Waals surface area contributed by atoms with Crippen LogP contribution in [0, 0.1) is 44.2 Å². The van der Waals surface area contributed by atoms with Gasteiger partial charge in [0.2, 0.25) is 11.8 Å². The first-order valence-electron chi connectivity index (χ1n) is 16.9. The van der Waals surface area contributed by atoms with Gasteiger partial charge >= 0.3 is 5.97 Å². The molecule has 2 aromatic carbocycles. The fourth-order valence-electron chi connectivity index (χ4n) is 6.45. The number of esters is 1. The molecule has 280 valence electrons. The molecule has 52 heavy (non-hydrogen) atoms. The van der Waals surface area contributed by atoms with Gasteiger partial charge in [-0.15, -0.1) is 24.8 Å². The minimum absolute atomic E-state index is 0. The number of halogens is 4. The number of hydrogen-bond donors (Lipinski definition) is 3. The lowest BCUT2D eigenvalue weighted by Crippen LogP contribution is -2.41. The highest BCUT2D eigenvalue weighted by Crippen LogP contribution is 2.34. The lowest BCUT2D eigenvalue weighted by molar-refractivity contribution is -0.144. The molecule has 0 saturated carbocycles. The Hall–Kier alpha value is -4.39. The molecule has 1 aliphatic heterocycles. The summed E-state index contributed by atoms with van der Waals surface area (Å²) in [5.74, 6) is -3.41. The minimum atomic E-state index is -1.19. The highest BCUT2D eigenvalue weighted by Gasteiger charge is 2.32. The number of benzene rings is 2. The number of aromatic nitrogens is 3. The highest BCUT2D eigenvalue weighted by atomic mass is 35.5. The van der Waals surface area contributed by atoms with Crippen LogP contribution in [0.5, 0.6) is 0 Å². The molecule has 0 fully saturated rings. The van der Waals surface area contributed by atoms with Gasteiger partial charge in [-0.25, -0.2) is 18.4 Å². The van der Waals surface area contributed by atoms with Gasteiger partial charge in [0.25, 0.3) is 0 Å². The maximum atomic E-state index is 15.9. The molecule has 1 aliphatic rings. The van der Waals surface area contributed by atoms with Crippen molar-refractivity contribution in [3.05, 3.63) is 93.8 Å². The number of anilines is 1. The van der Waals surface area contributed by atoms with E-state index < -0.39 is 35.6 Å². The molecular formula is C38H46Cl2F2N6O4. The summed E-state index contributed by atoms with van der Waals surface area (Å²) in [5.41, 5.74) is 5.04. The third kappa shape index (κ3) is 9.93. The first kappa shape index (κ1) is 42.0. The first-order valence-corrected chi connectivity index (χ1v) is 16.9. The smallest absolute Gasteiger partial charge is 0.308 e.